The lowest BCUT2D eigenvalue weighted by Crippen LogP contribution is -2.31. The standard InChI is InChI=1S/C17H23N3O/c1-4-5-10-20-17(21)15(11-13(3)19-20)16(18)14-8-6-12(2)7-9-14/h6-9,11,16H,4-5,10,18H2,1-3H3. The average Bonchev–Trinajstić information content (AvgIpc) is 2.48. The molecule has 0 amide bonds. The van der Waals surface area contributed by atoms with E-state index in [1.807, 2.05) is 38.1 Å². The molecule has 1 aromatic heterocycles. The number of hydrogen-bond donors (Lipinski definition) is 1. The summed E-state index contributed by atoms with van der Waals surface area (Å²) < 4.78 is 1.54. The van der Waals surface area contributed by atoms with Gasteiger partial charge < -0.3 is 5.73 Å². The van der Waals surface area contributed by atoms with Gasteiger partial charge in [-0.2, -0.15) is 5.10 Å². The van der Waals surface area contributed by atoms with Crippen LogP contribution >= 0.6 is 0 Å². The molecule has 0 radical (unpaired) electrons. The van der Waals surface area contributed by atoms with Gasteiger partial charge in [0.2, 0.25) is 0 Å². The fourth-order valence-electron chi connectivity index (χ4n) is 2.34. The van der Waals surface area contributed by atoms with E-state index in [-0.39, 0.29) is 5.56 Å². The lowest BCUT2D eigenvalue weighted by atomic mass is 9.99. The minimum Gasteiger partial charge on any atom is -0.320 e. The summed E-state index contributed by atoms with van der Waals surface area (Å²) in [4.78, 5) is 12.5. The summed E-state index contributed by atoms with van der Waals surface area (Å²) in [7, 11) is 0. The summed E-state index contributed by atoms with van der Waals surface area (Å²) in [5.74, 6) is 0. The molecule has 1 heterocycles. The maximum atomic E-state index is 12.5. The Kier molecular flexibility index (Phi) is 4.91. The second-order valence-corrected chi connectivity index (χ2v) is 5.51. The van der Waals surface area contributed by atoms with Crippen LogP contribution in [0.15, 0.2) is 35.1 Å². The maximum Gasteiger partial charge on any atom is 0.271 e. The molecule has 1 aromatic carbocycles. The molecule has 2 rings (SSSR count). The quantitative estimate of drug-likeness (QED) is 0.918. The van der Waals surface area contributed by atoms with Crippen molar-refractivity contribution in [2.45, 2.75) is 46.2 Å². The molecule has 1 unspecified atom stereocenters. The van der Waals surface area contributed by atoms with Gasteiger partial charge in [-0.1, -0.05) is 43.2 Å². The Balaban J connectivity index is 2.40. The number of rotatable bonds is 5. The molecule has 2 aromatic rings. The van der Waals surface area contributed by atoms with Crippen molar-refractivity contribution in [2.24, 2.45) is 5.73 Å². The van der Waals surface area contributed by atoms with Gasteiger partial charge in [0.1, 0.15) is 0 Å². The molecular formula is C17H23N3O. The monoisotopic (exact) mass is 285 g/mol. The van der Waals surface area contributed by atoms with E-state index in [0.717, 1.165) is 24.1 Å². The Hall–Kier alpha value is -1.94. The molecule has 4 heteroatoms. The molecule has 0 aliphatic rings. The number of aromatic nitrogens is 2. The van der Waals surface area contributed by atoms with Crippen LogP contribution in [0.25, 0.3) is 0 Å². The van der Waals surface area contributed by atoms with E-state index in [1.165, 1.54) is 5.56 Å². The normalized spacial score (nSPS) is 12.4. The van der Waals surface area contributed by atoms with Crippen LogP contribution in [0.4, 0.5) is 0 Å². The maximum absolute atomic E-state index is 12.5. The Morgan fingerprint density at radius 3 is 2.52 bits per heavy atom. The van der Waals surface area contributed by atoms with Gasteiger partial charge in [-0.3, -0.25) is 4.79 Å². The smallest absolute Gasteiger partial charge is 0.271 e. The number of nitrogens with zero attached hydrogens (tertiary/aromatic N) is 2. The first-order chi connectivity index (χ1) is 10.0. The minimum absolute atomic E-state index is 0.0814. The summed E-state index contributed by atoms with van der Waals surface area (Å²) in [6.45, 7) is 6.67. The highest BCUT2D eigenvalue weighted by Crippen LogP contribution is 2.17. The van der Waals surface area contributed by atoms with Crippen LogP contribution in [0, 0.1) is 13.8 Å². The molecule has 112 valence electrons. The van der Waals surface area contributed by atoms with Crippen LogP contribution in [0.5, 0.6) is 0 Å². The van der Waals surface area contributed by atoms with Crippen molar-refractivity contribution in [3.8, 4) is 0 Å². The van der Waals surface area contributed by atoms with Gasteiger partial charge in [0.05, 0.1) is 11.7 Å². The van der Waals surface area contributed by atoms with Gasteiger partial charge in [0.15, 0.2) is 0 Å². The third-order valence-electron chi connectivity index (χ3n) is 3.62. The number of aryl methyl sites for hydroxylation is 3. The van der Waals surface area contributed by atoms with E-state index in [0.29, 0.717) is 12.1 Å². The van der Waals surface area contributed by atoms with Crippen LogP contribution in [-0.4, -0.2) is 9.78 Å². The lowest BCUT2D eigenvalue weighted by Gasteiger charge is -2.15. The van der Waals surface area contributed by atoms with E-state index in [9.17, 15) is 4.79 Å². The van der Waals surface area contributed by atoms with Crippen molar-refractivity contribution in [2.75, 3.05) is 0 Å². The summed E-state index contributed by atoms with van der Waals surface area (Å²) in [6.07, 6.45) is 1.97. The predicted molar refractivity (Wildman–Crippen MR) is 85.4 cm³/mol. The predicted octanol–water partition coefficient (Wildman–Crippen LogP) is 2.71. The summed E-state index contributed by atoms with van der Waals surface area (Å²) >= 11 is 0. The minimum atomic E-state index is -0.410. The second kappa shape index (κ2) is 6.68. The van der Waals surface area contributed by atoms with Crippen LogP contribution in [0.3, 0.4) is 0 Å². The van der Waals surface area contributed by atoms with Crippen molar-refractivity contribution in [1.82, 2.24) is 9.78 Å². The Morgan fingerprint density at radius 1 is 1.24 bits per heavy atom. The molecule has 0 spiro atoms. The third-order valence-corrected chi connectivity index (χ3v) is 3.62. The van der Waals surface area contributed by atoms with E-state index in [2.05, 4.69) is 12.0 Å². The van der Waals surface area contributed by atoms with Crippen molar-refractivity contribution in [1.29, 1.82) is 0 Å². The highest BCUT2D eigenvalue weighted by molar-refractivity contribution is 5.32. The Bertz CT molecular complexity index is 659. The first-order valence-corrected chi connectivity index (χ1v) is 7.43. The van der Waals surface area contributed by atoms with E-state index < -0.39 is 6.04 Å². The van der Waals surface area contributed by atoms with Gasteiger partial charge in [0.25, 0.3) is 5.56 Å². The van der Waals surface area contributed by atoms with Crippen molar-refractivity contribution >= 4 is 0 Å². The number of benzene rings is 1. The Morgan fingerprint density at radius 2 is 1.90 bits per heavy atom. The average molecular weight is 285 g/mol. The number of unbranched alkanes of at least 4 members (excludes halogenated alkanes) is 1. The van der Waals surface area contributed by atoms with E-state index in [4.69, 9.17) is 5.73 Å². The summed E-state index contributed by atoms with van der Waals surface area (Å²) in [5, 5.41) is 4.31. The molecule has 1 atom stereocenters. The zero-order valence-electron chi connectivity index (χ0n) is 13.0. The molecule has 0 saturated carbocycles. The zero-order valence-corrected chi connectivity index (χ0v) is 13.0. The lowest BCUT2D eigenvalue weighted by molar-refractivity contribution is 0.529. The molecule has 0 aliphatic heterocycles. The molecule has 4 nitrogen and oxygen atoms in total. The van der Waals surface area contributed by atoms with Crippen molar-refractivity contribution in [3.63, 3.8) is 0 Å². The molecule has 0 aliphatic carbocycles. The van der Waals surface area contributed by atoms with Gasteiger partial charge in [0, 0.05) is 12.1 Å². The summed E-state index contributed by atoms with van der Waals surface area (Å²) in [5.41, 5.74) is 9.77. The number of nitrogens with two attached hydrogens (primary N) is 1. The fraction of sp³-hybridized carbons (Fsp3) is 0.412. The fourth-order valence-corrected chi connectivity index (χ4v) is 2.34. The van der Waals surface area contributed by atoms with Crippen LogP contribution < -0.4 is 11.3 Å². The van der Waals surface area contributed by atoms with E-state index >= 15 is 0 Å². The van der Waals surface area contributed by atoms with Gasteiger partial charge in [-0.05, 0) is 31.9 Å². The SMILES string of the molecule is CCCCn1nc(C)cc(C(N)c2ccc(C)cc2)c1=O. The molecule has 2 N–H and O–H groups in total. The van der Waals surface area contributed by atoms with Gasteiger partial charge >= 0.3 is 0 Å². The Labute approximate surface area is 125 Å². The largest absolute Gasteiger partial charge is 0.320 e. The molecule has 0 fully saturated rings. The number of hydrogen-bond acceptors (Lipinski definition) is 3. The van der Waals surface area contributed by atoms with Crippen LogP contribution in [-0.2, 0) is 6.54 Å². The third kappa shape index (κ3) is 3.58. The molecular weight excluding hydrogens is 262 g/mol. The molecule has 21 heavy (non-hydrogen) atoms. The highest BCUT2D eigenvalue weighted by atomic mass is 16.1. The first kappa shape index (κ1) is 15.4. The molecule has 0 bridgehead atoms. The second-order valence-electron chi connectivity index (χ2n) is 5.51. The van der Waals surface area contributed by atoms with Crippen LogP contribution in [0.1, 0.15) is 48.2 Å². The van der Waals surface area contributed by atoms with E-state index in [1.54, 1.807) is 10.7 Å². The van der Waals surface area contributed by atoms with Gasteiger partial charge in [-0.15, -0.1) is 0 Å². The van der Waals surface area contributed by atoms with Crippen LogP contribution in [0.2, 0.25) is 0 Å². The van der Waals surface area contributed by atoms with Gasteiger partial charge in [-0.25, -0.2) is 4.68 Å². The topological polar surface area (TPSA) is 60.9 Å². The molecule has 0 saturated heterocycles. The highest BCUT2D eigenvalue weighted by Gasteiger charge is 2.15. The van der Waals surface area contributed by atoms with Crippen molar-refractivity contribution < 1.29 is 0 Å². The first-order valence-electron chi connectivity index (χ1n) is 7.43. The van der Waals surface area contributed by atoms with Crippen molar-refractivity contribution in [3.05, 3.63) is 63.1 Å². The summed E-state index contributed by atoms with van der Waals surface area (Å²) in [6, 6.07) is 9.37. The zero-order chi connectivity index (χ0) is 15.4.